The van der Waals surface area contributed by atoms with Gasteiger partial charge in [-0.1, -0.05) is 0 Å². The lowest BCUT2D eigenvalue weighted by Crippen LogP contribution is -2.39. The summed E-state index contributed by atoms with van der Waals surface area (Å²) in [6, 6.07) is 1.28. The molecule has 24 nitrogen and oxygen atoms in total. The van der Waals surface area contributed by atoms with E-state index in [1.165, 1.54) is 37.4 Å². The number of aliphatic hydroxyl groups is 2. The number of fused-ring (bicyclic) bond motifs is 1. The maximum absolute atomic E-state index is 14.2. The largest absolute Gasteiger partial charge is 0.469 e. The van der Waals surface area contributed by atoms with Gasteiger partial charge in [-0.2, -0.15) is 9.97 Å². The number of aromatic nitrogens is 6. The first-order valence-electron chi connectivity index (χ1n) is 14.3. The second-order valence-corrected chi connectivity index (χ2v) is 13.7. The highest BCUT2D eigenvalue weighted by Crippen LogP contribution is 2.50. The Bertz CT molecular complexity index is 1830. The lowest BCUT2D eigenvalue weighted by Gasteiger charge is -2.29. The maximum atomic E-state index is 14.2. The number of phosphoric ester groups is 1. The van der Waals surface area contributed by atoms with Crippen LogP contribution in [-0.4, -0.2) is 126 Å². The third-order valence-corrected chi connectivity index (χ3v) is 9.54. The van der Waals surface area contributed by atoms with Gasteiger partial charge in [0.15, 0.2) is 23.6 Å². The molecule has 2 fully saturated rings. The van der Waals surface area contributed by atoms with Gasteiger partial charge < -0.3 is 50.4 Å². The zero-order valence-corrected chi connectivity index (χ0v) is 27.5. The first-order valence-corrected chi connectivity index (χ1v) is 17.4. The van der Waals surface area contributed by atoms with E-state index >= 15 is 0 Å². The van der Waals surface area contributed by atoms with E-state index in [4.69, 9.17) is 39.5 Å². The molecule has 2 aliphatic rings. The first-order chi connectivity index (χ1) is 23.1. The van der Waals surface area contributed by atoms with E-state index in [2.05, 4.69) is 29.5 Å². The Morgan fingerprint density at radius 3 is 2.39 bits per heavy atom. The van der Waals surface area contributed by atoms with Gasteiger partial charge in [0.2, 0.25) is 5.95 Å². The molecule has 3 aromatic rings. The van der Waals surface area contributed by atoms with Crippen molar-refractivity contribution in [2.24, 2.45) is 0 Å². The number of nitrogen functional groups attached to an aromatic ring is 2. The van der Waals surface area contributed by atoms with E-state index in [0.717, 1.165) is 4.57 Å². The van der Waals surface area contributed by atoms with Gasteiger partial charge in [0.05, 0.1) is 26.1 Å². The fraction of sp³-hybridized carbons (Fsp3) is 0.609. The molecule has 0 unspecified atom stereocenters. The molecule has 0 saturated carbocycles. The first kappa shape index (κ1) is 37.1. The van der Waals surface area contributed by atoms with E-state index in [1.54, 1.807) is 0 Å². The van der Waals surface area contributed by atoms with Crippen molar-refractivity contribution in [2.75, 3.05) is 52.1 Å². The molecule has 0 aliphatic carbocycles. The van der Waals surface area contributed by atoms with Gasteiger partial charge in [0, 0.05) is 27.0 Å². The average molecular weight is 740 g/mol. The Morgan fingerprint density at radius 1 is 1.00 bits per heavy atom. The number of nitrogens with one attached hydrogen (secondary N) is 2. The molecule has 2 saturated heterocycles. The topological polar surface area (TPSA) is 342 Å². The Kier molecular flexibility index (Phi) is 11.3. The summed E-state index contributed by atoms with van der Waals surface area (Å²) < 4.78 is 66.6. The van der Waals surface area contributed by atoms with E-state index in [1.807, 2.05) is 0 Å². The quantitative estimate of drug-likeness (QED) is 0.0566. The van der Waals surface area contributed by atoms with Crippen molar-refractivity contribution < 1.29 is 61.6 Å². The van der Waals surface area contributed by atoms with Gasteiger partial charge in [-0.15, -0.1) is 0 Å². The number of ether oxygens (including phenoxy) is 4. The van der Waals surface area contributed by atoms with E-state index < -0.39 is 89.1 Å². The van der Waals surface area contributed by atoms with Crippen LogP contribution in [0.3, 0.4) is 0 Å². The molecule has 0 aromatic carbocycles. The van der Waals surface area contributed by atoms with Gasteiger partial charge in [-0.3, -0.25) is 32.5 Å². The predicted molar refractivity (Wildman–Crippen MR) is 162 cm³/mol. The normalized spacial score (nSPS) is 28.7. The van der Waals surface area contributed by atoms with Crippen molar-refractivity contribution in [3.05, 3.63) is 39.4 Å². The minimum absolute atomic E-state index is 0.0119. The number of nitrogens with zero attached hydrogens (tertiary/aromatic N) is 5. The Balaban J connectivity index is 1.42. The molecule has 5 heterocycles. The van der Waals surface area contributed by atoms with Crippen molar-refractivity contribution in [3.63, 3.8) is 0 Å². The number of phosphoric acid groups is 1. The second-order valence-electron chi connectivity index (χ2n) is 10.7. The summed E-state index contributed by atoms with van der Waals surface area (Å²) >= 11 is 0. The van der Waals surface area contributed by atoms with Crippen LogP contribution < -0.4 is 27.8 Å². The number of hydrogen-bond donors (Lipinski definition) is 8. The molecule has 9 atom stereocenters. The number of H-pyrrole nitrogens is 1. The van der Waals surface area contributed by atoms with Crippen LogP contribution in [0.4, 0.5) is 11.8 Å². The van der Waals surface area contributed by atoms with Crippen LogP contribution in [0, 0.1) is 0 Å². The number of aromatic amines is 1. The molecular weight excluding hydrogens is 704 g/mol. The van der Waals surface area contributed by atoms with E-state index in [0.29, 0.717) is 0 Å². The van der Waals surface area contributed by atoms with Crippen LogP contribution in [-0.2, 0) is 41.6 Å². The molecule has 26 heteroatoms. The van der Waals surface area contributed by atoms with Crippen LogP contribution in [0.25, 0.3) is 11.2 Å². The van der Waals surface area contributed by atoms with E-state index in [9.17, 15) is 38.7 Å². The lowest BCUT2D eigenvalue weighted by molar-refractivity contribution is -0.0578. The molecule has 49 heavy (non-hydrogen) atoms. The highest BCUT2D eigenvalue weighted by molar-refractivity contribution is 7.51. The SMILES string of the molecule is COCCN[P@](=O)(OC[C@H]1O[C@@H](n2ccc(N)nc2=O)[C@H](O)[C@@H]1O)O[C@H]1[C@@H](OC)[C@H](n2cnc3c(=O)[nH]c(N)nc32)O[C@@H]1COP(=O)(O)O. The van der Waals surface area contributed by atoms with Crippen LogP contribution >= 0.6 is 15.6 Å². The molecule has 10 N–H and O–H groups in total. The molecule has 5 rings (SSSR count). The maximum Gasteiger partial charge on any atom is 0.469 e. The second kappa shape index (κ2) is 15.0. The van der Waals surface area contributed by atoms with Crippen molar-refractivity contribution in [3.8, 4) is 0 Å². The summed E-state index contributed by atoms with van der Waals surface area (Å²) in [5.41, 5.74) is 9.54. The minimum atomic E-state index is -5.06. The summed E-state index contributed by atoms with van der Waals surface area (Å²) in [6.07, 6.45) is -9.09. The van der Waals surface area contributed by atoms with Crippen molar-refractivity contribution in [1.82, 2.24) is 34.2 Å². The summed E-state index contributed by atoms with van der Waals surface area (Å²) in [5, 5.41) is 23.9. The van der Waals surface area contributed by atoms with Gasteiger partial charge >= 0.3 is 21.3 Å². The zero-order chi connectivity index (χ0) is 35.7. The number of methoxy groups -OCH3 is 2. The highest BCUT2D eigenvalue weighted by Gasteiger charge is 2.52. The third kappa shape index (κ3) is 8.24. The smallest absolute Gasteiger partial charge is 0.387 e. The fourth-order valence-electron chi connectivity index (χ4n) is 5.19. The van der Waals surface area contributed by atoms with Gasteiger partial charge in [-0.05, 0) is 6.07 Å². The monoisotopic (exact) mass is 739 g/mol. The Hall–Kier alpha value is -3.19. The van der Waals surface area contributed by atoms with Crippen LogP contribution in [0.5, 0.6) is 0 Å². The summed E-state index contributed by atoms with van der Waals surface area (Å²) in [7, 11) is -7.00. The standard InChI is InChI=1S/C23H35N9O15P2/c1-41-6-4-27-48(37,43-7-10-14(33)15(34)20(45-10)31-5-3-12(24)28-23(31)36)47-16-11(8-44-49(38,39)40)46-21(17(16)42-2)32-9-26-13-18(32)29-22(25)30-19(13)35/h3,5,9-11,14-17,20-21,33-34H,4,6-8H2,1-2H3,(H,27,37)(H2,24,28,36)(H2,38,39,40)(H3,25,29,30,35)/t10-,11-,14-,15-,16-,17-,20-,21-,48+/m1/s1. The van der Waals surface area contributed by atoms with Crippen molar-refractivity contribution in [1.29, 1.82) is 0 Å². The molecule has 0 radical (unpaired) electrons. The molecule has 2 aliphatic heterocycles. The number of imidazole rings is 1. The van der Waals surface area contributed by atoms with Gasteiger partial charge in [-0.25, -0.2) is 24.0 Å². The molecule has 3 aromatic heterocycles. The summed E-state index contributed by atoms with van der Waals surface area (Å²) in [5.74, 6) is -0.330. The lowest BCUT2D eigenvalue weighted by atomic mass is 10.1. The highest BCUT2D eigenvalue weighted by atomic mass is 31.2. The molecular formula is C23H35N9O15P2. The number of nitrogens with two attached hydrogens (primary N) is 2. The molecule has 272 valence electrons. The molecule has 0 amide bonds. The predicted octanol–water partition coefficient (Wildman–Crippen LogP) is -3.07. The third-order valence-electron chi connectivity index (χ3n) is 7.43. The zero-order valence-electron chi connectivity index (χ0n) is 25.7. The fourth-order valence-corrected chi connectivity index (χ4v) is 7.04. The minimum Gasteiger partial charge on any atom is -0.387 e. The van der Waals surface area contributed by atoms with Crippen molar-refractivity contribution >= 4 is 38.5 Å². The molecule has 0 spiro atoms. The number of rotatable bonds is 15. The van der Waals surface area contributed by atoms with Crippen LogP contribution in [0.2, 0.25) is 0 Å². The number of aliphatic hydroxyl groups excluding tert-OH is 2. The van der Waals surface area contributed by atoms with Gasteiger partial charge in [0.25, 0.3) is 5.56 Å². The average Bonchev–Trinajstić information content (AvgIpc) is 3.68. The molecule has 0 bridgehead atoms. The Labute approximate surface area is 275 Å². The summed E-state index contributed by atoms with van der Waals surface area (Å²) in [4.78, 5) is 57.5. The van der Waals surface area contributed by atoms with Crippen LogP contribution in [0.1, 0.15) is 12.5 Å². The number of anilines is 2. The van der Waals surface area contributed by atoms with Gasteiger partial charge in [0.1, 0.15) is 42.4 Å². The Morgan fingerprint density at radius 2 is 1.71 bits per heavy atom. The van der Waals surface area contributed by atoms with Crippen LogP contribution in [0.15, 0.2) is 28.2 Å². The number of hydrogen-bond acceptors (Lipinski definition) is 18. The van der Waals surface area contributed by atoms with E-state index in [-0.39, 0.29) is 36.1 Å². The van der Waals surface area contributed by atoms with Crippen molar-refractivity contribution in [2.45, 2.75) is 49.1 Å². The summed E-state index contributed by atoms with van der Waals surface area (Å²) in [6.45, 7) is -1.59.